The van der Waals surface area contributed by atoms with E-state index < -0.39 is 17.2 Å². The lowest BCUT2D eigenvalue weighted by molar-refractivity contribution is -0.142. The van der Waals surface area contributed by atoms with Crippen LogP contribution in [0.1, 0.15) is 18.3 Å². The van der Waals surface area contributed by atoms with Gasteiger partial charge in [-0.3, -0.25) is 19.1 Å². The van der Waals surface area contributed by atoms with Crippen molar-refractivity contribution in [3.8, 4) is 11.5 Å². The molecule has 3 aromatic rings. The van der Waals surface area contributed by atoms with Crippen molar-refractivity contribution in [2.75, 3.05) is 14.2 Å². The fraction of sp³-hybridized carbons (Fsp3) is 0.333. The monoisotopic (exact) mass is 388 g/mol. The smallest absolute Gasteiger partial charge is 0.329 e. The highest BCUT2D eigenvalue weighted by atomic mass is 16.5. The number of aryl methyl sites for hydroxylation is 1. The third kappa shape index (κ3) is 3.61. The summed E-state index contributed by atoms with van der Waals surface area (Å²) < 4.78 is 18.5. The van der Waals surface area contributed by atoms with Crippen molar-refractivity contribution in [2.45, 2.75) is 20.1 Å². The Hall–Kier alpha value is -3.56. The van der Waals surface area contributed by atoms with E-state index in [1.54, 1.807) is 22.8 Å². The van der Waals surface area contributed by atoms with E-state index in [9.17, 15) is 14.4 Å². The van der Waals surface area contributed by atoms with Crippen LogP contribution < -0.4 is 20.7 Å². The van der Waals surface area contributed by atoms with Crippen LogP contribution in [-0.4, -0.2) is 39.3 Å². The largest absolute Gasteiger partial charge is 0.497 e. The first-order valence-corrected chi connectivity index (χ1v) is 8.37. The molecular weight excluding hydrogens is 368 g/mol. The Morgan fingerprint density at radius 1 is 1.14 bits per heavy atom. The highest BCUT2D eigenvalue weighted by Gasteiger charge is 2.19. The van der Waals surface area contributed by atoms with Crippen LogP contribution in [0.3, 0.4) is 0 Å². The van der Waals surface area contributed by atoms with Gasteiger partial charge >= 0.3 is 11.7 Å². The van der Waals surface area contributed by atoms with Crippen LogP contribution in [0.4, 0.5) is 0 Å². The van der Waals surface area contributed by atoms with Crippen molar-refractivity contribution < 1.29 is 19.0 Å². The summed E-state index contributed by atoms with van der Waals surface area (Å²) in [7, 11) is 4.58. The number of H-pyrrole nitrogens is 1. The highest BCUT2D eigenvalue weighted by Crippen LogP contribution is 2.24. The van der Waals surface area contributed by atoms with Crippen LogP contribution in [0.5, 0.6) is 11.5 Å². The molecule has 0 saturated carbocycles. The maximum Gasteiger partial charge on any atom is 0.329 e. The van der Waals surface area contributed by atoms with E-state index in [1.165, 1.54) is 32.8 Å². The molecule has 0 radical (unpaired) electrons. The van der Waals surface area contributed by atoms with Gasteiger partial charge in [0.2, 0.25) is 0 Å². The van der Waals surface area contributed by atoms with Gasteiger partial charge in [-0.25, -0.2) is 9.78 Å². The normalized spacial score (nSPS) is 10.9. The number of carbonyl (C=O) groups excluding carboxylic acids is 1. The van der Waals surface area contributed by atoms with Gasteiger partial charge in [-0.15, -0.1) is 0 Å². The predicted molar refractivity (Wildman–Crippen MR) is 99.7 cm³/mol. The first kappa shape index (κ1) is 19.2. The molecule has 0 aliphatic rings. The fourth-order valence-electron chi connectivity index (χ4n) is 2.87. The van der Waals surface area contributed by atoms with E-state index in [-0.39, 0.29) is 24.3 Å². The Kier molecular flexibility index (Phi) is 5.21. The summed E-state index contributed by atoms with van der Waals surface area (Å²) in [5, 5.41) is 0. The summed E-state index contributed by atoms with van der Waals surface area (Å²) in [6, 6.07) is 5.31. The van der Waals surface area contributed by atoms with Gasteiger partial charge in [0.25, 0.3) is 5.56 Å². The molecule has 10 heteroatoms. The van der Waals surface area contributed by atoms with Gasteiger partial charge in [-0.05, 0) is 17.7 Å². The van der Waals surface area contributed by atoms with Crippen molar-refractivity contribution in [2.24, 2.45) is 7.05 Å². The molecule has 1 aromatic carbocycles. The number of imidazole rings is 1. The fourth-order valence-corrected chi connectivity index (χ4v) is 2.87. The molecule has 2 heterocycles. The zero-order chi connectivity index (χ0) is 20.4. The van der Waals surface area contributed by atoms with Crippen molar-refractivity contribution >= 4 is 17.1 Å². The van der Waals surface area contributed by atoms with Crippen LogP contribution in [-0.2, 0) is 29.7 Å². The Labute approximate surface area is 159 Å². The number of hydrogen-bond acceptors (Lipinski definition) is 7. The molecule has 0 atom stereocenters. The zero-order valence-electron chi connectivity index (χ0n) is 15.9. The minimum atomic E-state index is -0.579. The molecule has 0 bridgehead atoms. The molecule has 0 amide bonds. The van der Waals surface area contributed by atoms with Gasteiger partial charge in [-0.2, -0.15) is 0 Å². The lowest BCUT2D eigenvalue weighted by Crippen LogP contribution is -2.29. The number of hydrogen-bond donors (Lipinski definition) is 1. The number of methoxy groups -OCH3 is 2. The number of rotatable bonds is 6. The number of carbonyl (C=O) groups is 1. The second-order valence-electron chi connectivity index (χ2n) is 6.11. The number of aromatic amines is 1. The average molecular weight is 388 g/mol. The number of nitrogens with zero attached hydrogens (tertiary/aromatic N) is 3. The van der Waals surface area contributed by atoms with Gasteiger partial charge in [0, 0.05) is 26.6 Å². The third-order valence-corrected chi connectivity index (χ3v) is 4.24. The second-order valence-corrected chi connectivity index (χ2v) is 6.11. The summed E-state index contributed by atoms with van der Waals surface area (Å²) in [4.78, 5) is 42.2. The predicted octanol–water partition coefficient (Wildman–Crippen LogP) is 0.552. The van der Waals surface area contributed by atoms with Gasteiger partial charge in [0.15, 0.2) is 11.2 Å². The Morgan fingerprint density at radius 3 is 2.36 bits per heavy atom. The maximum absolute atomic E-state index is 12.5. The number of nitrogens with one attached hydrogen (secondary N) is 1. The van der Waals surface area contributed by atoms with Gasteiger partial charge < -0.3 is 18.8 Å². The number of esters is 1. The molecule has 0 fully saturated rings. The molecule has 28 heavy (non-hydrogen) atoms. The minimum absolute atomic E-state index is 0.140. The number of aromatic nitrogens is 4. The third-order valence-electron chi connectivity index (χ3n) is 4.24. The van der Waals surface area contributed by atoms with Crippen LogP contribution >= 0.6 is 0 Å². The summed E-state index contributed by atoms with van der Waals surface area (Å²) in [5.41, 5.74) is 0.0170. The average Bonchev–Trinajstić information content (AvgIpc) is 3.03. The number of ether oxygens (including phenoxy) is 3. The zero-order valence-corrected chi connectivity index (χ0v) is 15.9. The molecule has 0 unspecified atom stereocenters. The topological polar surface area (TPSA) is 117 Å². The maximum atomic E-state index is 12.5. The Morgan fingerprint density at radius 2 is 1.79 bits per heavy atom. The van der Waals surface area contributed by atoms with Crippen LogP contribution in [0.25, 0.3) is 11.2 Å². The number of benzene rings is 1. The van der Waals surface area contributed by atoms with Gasteiger partial charge in [0.1, 0.15) is 23.9 Å². The quantitative estimate of drug-likeness (QED) is 0.613. The van der Waals surface area contributed by atoms with E-state index in [1.807, 2.05) is 0 Å². The molecule has 3 rings (SSSR count). The highest BCUT2D eigenvalue weighted by molar-refractivity contribution is 5.71. The first-order valence-electron chi connectivity index (χ1n) is 8.37. The van der Waals surface area contributed by atoms with E-state index in [0.717, 1.165) is 5.56 Å². The molecule has 1 N–H and O–H groups in total. The number of fused-ring (bicyclic) bond motifs is 1. The molecule has 148 valence electrons. The lowest BCUT2D eigenvalue weighted by atomic mass is 10.2. The Bertz CT molecular complexity index is 1140. The molecule has 0 aliphatic heterocycles. The molecule has 0 saturated heterocycles. The summed E-state index contributed by atoms with van der Waals surface area (Å²) in [6.45, 7) is 1.36. The van der Waals surface area contributed by atoms with E-state index >= 15 is 0 Å². The molecule has 0 spiro atoms. The van der Waals surface area contributed by atoms with Gasteiger partial charge in [-0.1, -0.05) is 0 Å². The molecule has 10 nitrogen and oxygen atoms in total. The van der Waals surface area contributed by atoms with Crippen molar-refractivity contribution in [1.29, 1.82) is 0 Å². The van der Waals surface area contributed by atoms with Crippen LogP contribution in [0.2, 0.25) is 0 Å². The van der Waals surface area contributed by atoms with Crippen molar-refractivity contribution in [1.82, 2.24) is 19.1 Å². The minimum Gasteiger partial charge on any atom is -0.497 e. The first-order chi connectivity index (χ1) is 13.3. The van der Waals surface area contributed by atoms with E-state index in [0.29, 0.717) is 17.3 Å². The standard InChI is InChI=1S/C18H20N4O6/c1-10(23)28-9-14-19-16-15(17(24)20-18(25)21(16)2)22(14)8-11-5-12(26-3)7-13(6-11)27-4/h5-7H,8-9H2,1-4H3,(H,20,24,25). The van der Waals surface area contributed by atoms with Gasteiger partial charge in [0.05, 0.1) is 14.2 Å². The molecule has 0 aliphatic carbocycles. The van der Waals surface area contributed by atoms with Crippen LogP contribution in [0, 0.1) is 0 Å². The van der Waals surface area contributed by atoms with E-state index in [4.69, 9.17) is 14.2 Å². The SMILES string of the molecule is COc1cc(Cn2c(COC(C)=O)nc3c2c(=O)[nH]c(=O)n3C)cc(OC)c1. The van der Waals surface area contributed by atoms with Crippen LogP contribution in [0.15, 0.2) is 27.8 Å². The van der Waals surface area contributed by atoms with Crippen molar-refractivity contribution in [3.63, 3.8) is 0 Å². The summed E-state index contributed by atoms with van der Waals surface area (Å²) in [6.07, 6.45) is 0. The molecular formula is C18H20N4O6. The van der Waals surface area contributed by atoms with Crippen molar-refractivity contribution in [3.05, 3.63) is 50.4 Å². The molecule has 2 aromatic heterocycles. The second kappa shape index (κ2) is 7.59. The van der Waals surface area contributed by atoms with E-state index in [2.05, 4.69) is 9.97 Å². The Balaban J connectivity index is 2.19. The lowest BCUT2D eigenvalue weighted by Gasteiger charge is -2.12. The summed E-state index contributed by atoms with van der Waals surface area (Å²) in [5.74, 6) is 1.02. The summed E-state index contributed by atoms with van der Waals surface area (Å²) >= 11 is 0.